The molecule has 2 aliphatic heterocycles. The third-order valence-corrected chi connectivity index (χ3v) is 7.71. The first-order chi connectivity index (χ1) is 15.8. The smallest absolute Gasteiger partial charge is 0.238 e. The summed E-state index contributed by atoms with van der Waals surface area (Å²) in [7, 11) is 1.82. The lowest BCUT2D eigenvalue weighted by molar-refractivity contribution is -0.124. The minimum Gasteiger partial charge on any atom is -0.339 e. The van der Waals surface area contributed by atoms with Gasteiger partial charge in [0.25, 0.3) is 0 Å². The Morgan fingerprint density at radius 3 is 2.58 bits per heavy atom. The van der Waals surface area contributed by atoms with Crippen LogP contribution in [-0.4, -0.2) is 37.0 Å². The number of hydrogen-bond donors (Lipinski definition) is 2. The van der Waals surface area contributed by atoms with Crippen molar-refractivity contribution < 1.29 is 9.59 Å². The van der Waals surface area contributed by atoms with Gasteiger partial charge in [-0.3, -0.25) is 9.59 Å². The van der Waals surface area contributed by atoms with Gasteiger partial charge in [-0.15, -0.1) is 0 Å². The van der Waals surface area contributed by atoms with Crippen LogP contribution >= 0.6 is 0 Å². The predicted octanol–water partition coefficient (Wildman–Crippen LogP) is 3.30. The summed E-state index contributed by atoms with van der Waals surface area (Å²) in [5.41, 5.74) is 4.60. The number of amides is 2. The number of nitrogens with zero attached hydrogens (tertiary/aromatic N) is 2. The minimum absolute atomic E-state index is 0.0508. The van der Waals surface area contributed by atoms with Crippen molar-refractivity contribution in [1.82, 2.24) is 10.6 Å². The van der Waals surface area contributed by atoms with Gasteiger partial charge in [0.15, 0.2) is 0 Å². The van der Waals surface area contributed by atoms with E-state index in [4.69, 9.17) is 0 Å². The van der Waals surface area contributed by atoms with Crippen molar-refractivity contribution in [2.75, 3.05) is 11.9 Å². The maximum Gasteiger partial charge on any atom is 0.238 e. The van der Waals surface area contributed by atoms with Crippen molar-refractivity contribution in [2.24, 2.45) is 5.92 Å². The molecule has 6 heteroatoms. The highest BCUT2D eigenvalue weighted by Crippen LogP contribution is 2.42. The van der Waals surface area contributed by atoms with Gasteiger partial charge in [-0.1, -0.05) is 36.4 Å². The van der Waals surface area contributed by atoms with Gasteiger partial charge in [-0.25, -0.2) is 0 Å². The summed E-state index contributed by atoms with van der Waals surface area (Å²) in [5.74, 6) is 0.459. The van der Waals surface area contributed by atoms with E-state index in [0.29, 0.717) is 18.4 Å². The number of benzene rings is 2. The van der Waals surface area contributed by atoms with Crippen molar-refractivity contribution in [3.05, 3.63) is 53.6 Å². The van der Waals surface area contributed by atoms with Gasteiger partial charge >= 0.3 is 0 Å². The number of rotatable bonds is 5. The molecule has 2 N–H and O–H groups in total. The lowest BCUT2D eigenvalue weighted by Crippen LogP contribution is -2.50. The number of carbonyl (C=O) groups excluding carboxylic acids is 2. The van der Waals surface area contributed by atoms with Crippen LogP contribution in [0.4, 0.5) is 5.69 Å². The van der Waals surface area contributed by atoms with Crippen LogP contribution in [0.2, 0.25) is 0 Å². The van der Waals surface area contributed by atoms with E-state index in [9.17, 15) is 14.9 Å². The van der Waals surface area contributed by atoms with Gasteiger partial charge in [-0.05, 0) is 67.3 Å². The fourth-order valence-electron chi connectivity index (χ4n) is 5.77. The zero-order valence-electron chi connectivity index (χ0n) is 19.4. The normalized spacial score (nSPS) is 25.6. The Morgan fingerprint density at radius 2 is 1.94 bits per heavy atom. The Bertz CT molecular complexity index is 1150. The largest absolute Gasteiger partial charge is 0.339 e. The molecule has 6 nitrogen and oxygen atoms in total. The fraction of sp³-hybridized carbons (Fsp3) is 0.444. The molecule has 0 aromatic heterocycles. The Balaban J connectivity index is 1.27. The predicted molar refractivity (Wildman–Crippen MR) is 128 cm³/mol. The van der Waals surface area contributed by atoms with Gasteiger partial charge in [0.2, 0.25) is 11.8 Å². The molecule has 33 heavy (non-hydrogen) atoms. The average Bonchev–Trinajstić information content (AvgIpc) is 3.50. The van der Waals surface area contributed by atoms with Gasteiger partial charge in [0, 0.05) is 25.2 Å². The van der Waals surface area contributed by atoms with E-state index in [1.54, 1.807) is 4.90 Å². The zero-order chi connectivity index (χ0) is 23.3. The average molecular weight is 443 g/mol. The highest BCUT2D eigenvalue weighted by molar-refractivity contribution is 6.07. The first kappa shape index (κ1) is 21.7. The molecule has 2 aromatic rings. The molecule has 5 rings (SSSR count). The number of fused-ring (bicyclic) bond motifs is 3. The quantitative estimate of drug-likeness (QED) is 0.744. The zero-order valence-corrected chi connectivity index (χ0v) is 19.4. The second kappa shape index (κ2) is 8.00. The van der Waals surface area contributed by atoms with Crippen molar-refractivity contribution in [2.45, 2.75) is 63.1 Å². The standard InChI is InChI=1S/C27H30N4O2/c1-27(2)22-11-9-18(14-23(22)31(3)26(27)33)17-6-4-16(5-7-17)12-21(15-28)30-25(32)24-19-8-10-20(13-19)29-24/h4-7,9,11,14,19-21,24,29H,8,10,12-13H2,1-3H3,(H,30,32)/t19-,20+,21-,24?/m0/s1. The first-order valence-corrected chi connectivity index (χ1v) is 11.8. The molecule has 3 aliphatic rings. The van der Waals surface area contributed by atoms with E-state index in [2.05, 4.69) is 28.8 Å². The van der Waals surface area contributed by atoms with Crippen LogP contribution < -0.4 is 15.5 Å². The second-order valence-corrected chi connectivity index (χ2v) is 10.2. The lowest BCUT2D eigenvalue weighted by Gasteiger charge is -2.23. The number of nitrogens with one attached hydrogen (secondary N) is 2. The minimum atomic E-state index is -0.550. The molecular formula is C27H30N4O2. The van der Waals surface area contributed by atoms with Crippen LogP contribution in [-0.2, 0) is 21.4 Å². The second-order valence-electron chi connectivity index (χ2n) is 10.2. The maximum atomic E-state index is 12.7. The molecule has 0 spiro atoms. The van der Waals surface area contributed by atoms with Crippen molar-refractivity contribution in [1.29, 1.82) is 5.26 Å². The summed E-state index contributed by atoms with van der Waals surface area (Å²) in [6.07, 6.45) is 3.79. The summed E-state index contributed by atoms with van der Waals surface area (Å²) in [4.78, 5) is 27.0. The molecule has 2 heterocycles. The molecule has 2 fully saturated rings. The van der Waals surface area contributed by atoms with Crippen LogP contribution in [0.25, 0.3) is 11.1 Å². The van der Waals surface area contributed by atoms with Crippen molar-refractivity contribution >= 4 is 17.5 Å². The number of nitriles is 1. The Kier molecular flexibility index (Phi) is 5.25. The van der Waals surface area contributed by atoms with Gasteiger partial charge < -0.3 is 15.5 Å². The lowest BCUT2D eigenvalue weighted by atomic mass is 9.85. The Morgan fingerprint density at radius 1 is 1.21 bits per heavy atom. The summed E-state index contributed by atoms with van der Waals surface area (Å²) in [6, 6.07) is 16.3. The number of anilines is 1. The SMILES string of the molecule is CN1C(=O)C(C)(C)c2ccc(-c3ccc(C[C@@H](C#N)NC(=O)C4N[C@@H]5CC[C@H]4C5)cc3)cc21. The molecular weight excluding hydrogens is 412 g/mol. The molecule has 1 unspecified atom stereocenters. The van der Waals surface area contributed by atoms with E-state index < -0.39 is 11.5 Å². The van der Waals surface area contributed by atoms with Crippen LogP contribution in [0.3, 0.4) is 0 Å². The van der Waals surface area contributed by atoms with E-state index >= 15 is 0 Å². The summed E-state index contributed by atoms with van der Waals surface area (Å²) in [5, 5.41) is 15.9. The van der Waals surface area contributed by atoms with Crippen LogP contribution in [0, 0.1) is 17.2 Å². The van der Waals surface area contributed by atoms with E-state index in [0.717, 1.165) is 47.2 Å². The summed E-state index contributed by atoms with van der Waals surface area (Å²) in [6.45, 7) is 3.92. The number of hydrogen-bond acceptors (Lipinski definition) is 4. The third-order valence-electron chi connectivity index (χ3n) is 7.71. The molecule has 1 saturated carbocycles. The number of piperidine rings is 1. The van der Waals surface area contributed by atoms with Crippen LogP contribution in [0.1, 0.15) is 44.2 Å². The van der Waals surface area contributed by atoms with Gasteiger partial charge in [0.1, 0.15) is 6.04 Å². The molecule has 2 aromatic carbocycles. The first-order valence-electron chi connectivity index (χ1n) is 11.8. The Hall–Kier alpha value is -3.17. The van der Waals surface area contributed by atoms with Crippen molar-refractivity contribution in [3.63, 3.8) is 0 Å². The molecule has 2 bridgehead atoms. The van der Waals surface area contributed by atoms with Gasteiger partial charge in [0.05, 0.1) is 17.5 Å². The van der Waals surface area contributed by atoms with E-state index in [1.165, 1.54) is 0 Å². The van der Waals surface area contributed by atoms with E-state index in [-0.39, 0.29) is 17.9 Å². The monoisotopic (exact) mass is 442 g/mol. The molecule has 4 atom stereocenters. The topological polar surface area (TPSA) is 85.2 Å². The molecule has 2 amide bonds. The fourth-order valence-corrected chi connectivity index (χ4v) is 5.77. The Labute approximate surface area is 195 Å². The summed E-state index contributed by atoms with van der Waals surface area (Å²) >= 11 is 0. The third kappa shape index (κ3) is 3.71. The molecule has 0 radical (unpaired) electrons. The van der Waals surface area contributed by atoms with Gasteiger partial charge in [-0.2, -0.15) is 5.26 Å². The highest BCUT2D eigenvalue weighted by Gasteiger charge is 2.43. The maximum absolute atomic E-state index is 12.7. The number of likely N-dealkylation sites (N-methyl/N-ethyl adjacent to an activating group) is 1. The molecule has 1 saturated heterocycles. The molecule has 1 aliphatic carbocycles. The van der Waals surface area contributed by atoms with Crippen LogP contribution in [0.15, 0.2) is 42.5 Å². The summed E-state index contributed by atoms with van der Waals surface area (Å²) < 4.78 is 0. The van der Waals surface area contributed by atoms with Crippen molar-refractivity contribution in [3.8, 4) is 17.2 Å². The molecule has 170 valence electrons. The van der Waals surface area contributed by atoms with E-state index in [1.807, 2.05) is 51.2 Å². The number of carbonyl (C=O) groups is 2. The highest BCUT2D eigenvalue weighted by atomic mass is 16.2. The van der Waals surface area contributed by atoms with Crippen LogP contribution in [0.5, 0.6) is 0 Å².